The Bertz CT molecular complexity index is 505. The van der Waals surface area contributed by atoms with Crippen molar-refractivity contribution < 1.29 is 8.78 Å². The molecule has 2 N–H and O–H groups in total. The third kappa shape index (κ3) is 3.43. The lowest BCUT2D eigenvalue weighted by molar-refractivity contribution is 0.326. The van der Waals surface area contributed by atoms with Crippen molar-refractivity contribution in [3.8, 4) is 0 Å². The van der Waals surface area contributed by atoms with Crippen LogP contribution in [0.5, 0.6) is 0 Å². The van der Waals surface area contributed by atoms with Crippen LogP contribution in [0, 0.1) is 11.6 Å². The summed E-state index contributed by atoms with van der Waals surface area (Å²) in [4.78, 5) is 6.51. The van der Waals surface area contributed by atoms with E-state index in [9.17, 15) is 8.78 Å². The first-order valence-corrected chi connectivity index (χ1v) is 7.78. The van der Waals surface area contributed by atoms with Crippen LogP contribution in [0.3, 0.4) is 0 Å². The molecule has 0 aromatic carbocycles. The molecule has 1 aromatic heterocycles. The van der Waals surface area contributed by atoms with Crippen molar-refractivity contribution in [1.82, 2.24) is 9.88 Å². The summed E-state index contributed by atoms with van der Waals surface area (Å²) in [5, 5.41) is 6.02. The van der Waals surface area contributed by atoms with E-state index in [0.717, 1.165) is 38.0 Å². The van der Waals surface area contributed by atoms with Crippen molar-refractivity contribution in [2.75, 3.05) is 30.3 Å². The van der Waals surface area contributed by atoms with Crippen LogP contribution in [0.15, 0.2) is 6.07 Å². The lowest BCUT2D eigenvalue weighted by Gasteiger charge is -2.17. The Labute approximate surface area is 123 Å². The van der Waals surface area contributed by atoms with Gasteiger partial charge in [-0.3, -0.25) is 4.90 Å². The minimum absolute atomic E-state index is 0.123. The molecule has 0 amide bonds. The predicted octanol–water partition coefficient (Wildman–Crippen LogP) is 2.83. The van der Waals surface area contributed by atoms with Gasteiger partial charge in [0.2, 0.25) is 0 Å². The van der Waals surface area contributed by atoms with Gasteiger partial charge in [-0.05, 0) is 25.7 Å². The zero-order valence-electron chi connectivity index (χ0n) is 12.3. The van der Waals surface area contributed by atoms with Gasteiger partial charge in [-0.2, -0.15) is 0 Å². The van der Waals surface area contributed by atoms with Crippen LogP contribution in [0.25, 0.3) is 0 Å². The van der Waals surface area contributed by atoms with Gasteiger partial charge in [0.25, 0.3) is 0 Å². The molecule has 1 atom stereocenters. The SMILES string of the molecule is CCCNc1nc(NC2CCN(C3CC3)C2)c(F)cc1F. The highest BCUT2D eigenvalue weighted by Gasteiger charge is 2.34. The van der Waals surface area contributed by atoms with Crippen molar-refractivity contribution in [2.24, 2.45) is 0 Å². The lowest BCUT2D eigenvalue weighted by Crippen LogP contribution is -2.28. The van der Waals surface area contributed by atoms with Crippen molar-refractivity contribution in [3.63, 3.8) is 0 Å². The number of rotatable bonds is 6. The topological polar surface area (TPSA) is 40.2 Å². The molecular weight excluding hydrogens is 274 g/mol. The molecule has 1 saturated carbocycles. The Balaban J connectivity index is 1.66. The van der Waals surface area contributed by atoms with Crippen LogP contribution in [0.4, 0.5) is 20.4 Å². The molecule has 2 heterocycles. The van der Waals surface area contributed by atoms with E-state index in [0.29, 0.717) is 6.54 Å². The number of likely N-dealkylation sites (tertiary alicyclic amines) is 1. The average molecular weight is 296 g/mol. The van der Waals surface area contributed by atoms with Gasteiger partial charge in [0, 0.05) is 37.8 Å². The fourth-order valence-electron chi connectivity index (χ4n) is 2.80. The number of pyridine rings is 1. The van der Waals surface area contributed by atoms with Gasteiger partial charge in [-0.1, -0.05) is 6.92 Å². The van der Waals surface area contributed by atoms with Crippen LogP contribution in [-0.2, 0) is 0 Å². The smallest absolute Gasteiger partial charge is 0.168 e. The van der Waals surface area contributed by atoms with Crippen LogP contribution in [-0.4, -0.2) is 41.6 Å². The average Bonchev–Trinajstić information content (AvgIpc) is 3.21. The van der Waals surface area contributed by atoms with E-state index in [1.165, 1.54) is 12.8 Å². The third-order valence-electron chi connectivity index (χ3n) is 4.10. The molecule has 21 heavy (non-hydrogen) atoms. The van der Waals surface area contributed by atoms with Gasteiger partial charge < -0.3 is 10.6 Å². The van der Waals surface area contributed by atoms with E-state index >= 15 is 0 Å². The predicted molar refractivity (Wildman–Crippen MR) is 79.6 cm³/mol. The maximum atomic E-state index is 13.9. The normalized spacial score (nSPS) is 22.5. The zero-order chi connectivity index (χ0) is 14.8. The number of anilines is 2. The number of hydrogen-bond acceptors (Lipinski definition) is 4. The van der Waals surface area contributed by atoms with Crippen LogP contribution >= 0.6 is 0 Å². The summed E-state index contributed by atoms with van der Waals surface area (Å²) in [5.41, 5.74) is 0. The van der Waals surface area contributed by atoms with Gasteiger partial charge in [-0.25, -0.2) is 13.8 Å². The summed E-state index contributed by atoms with van der Waals surface area (Å²) in [6.07, 6.45) is 4.40. The van der Waals surface area contributed by atoms with E-state index < -0.39 is 11.6 Å². The quantitative estimate of drug-likeness (QED) is 0.847. The Kier molecular flexibility index (Phi) is 4.24. The van der Waals surface area contributed by atoms with E-state index in [2.05, 4.69) is 20.5 Å². The molecule has 1 aliphatic heterocycles. The minimum atomic E-state index is -0.641. The molecular formula is C15H22F2N4. The summed E-state index contributed by atoms with van der Waals surface area (Å²) in [7, 11) is 0. The van der Waals surface area contributed by atoms with E-state index in [1.54, 1.807) is 0 Å². The second-order valence-electron chi connectivity index (χ2n) is 5.93. The number of hydrogen-bond donors (Lipinski definition) is 2. The van der Waals surface area contributed by atoms with Gasteiger partial charge in [-0.15, -0.1) is 0 Å². The molecule has 0 spiro atoms. The molecule has 1 aromatic rings. The highest BCUT2D eigenvalue weighted by Crippen LogP contribution is 2.31. The van der Waals surface area contributed by atoms with Gasteiger partial charge in [0.05, 0.1) is 0 Å². The van der Waals surface area contributed by atoms with Crippen molar-refractivity contribution in [2.45, 2.75) is 44.7 Å². The molecule has 1 saturated heterocycles. The largest absolute Gasteiger partial charge is 0.368 e. The molecule has 2 aliphatic rings. The summed E-state index contributed by atoms with van der Waals surface area (Å²) >= 11 is 0. The van der Waals surface area contributed by atoms with Crippen LogP contribution < -0.4 is 10.6 Å². The maximum Gasteiger partial charge on any atom is 0.168 e. The summed E-state index contributed by atoms with van der Waals surface area (Å²) in [5.74, 6) is -0.993. The first-order chi connectivity index (χ1) is 10.2. The second-order valence-corrected chi connectivity index (χ2v) is 5.93. The molecule has 1 unspecified atom stereocenters. The van der Waals surface area contributed by atoms with Crippen molar-refractivity contribution in [3.05, 3.63) is 17.7 Å². The maximum absolute atomic E-state index is 13.9. The van der Waals surface area contributed by atoms with E-state index in [1.807, 2.05) is 6.92 Å². The molecule has 3 rings (SSSR count). The molecule has 1 aliphatic carbocycles. The molecule has 4 nitrogen and oxygen atoms in total. The van der Waals surface area contributed by atoms with E-state index in [4.69, 9.17) is 0 Å². The molecule has 0 bridgehead atoms. The Morgan fingerprint density at radius 3 is 2.71 bits per heavy atom. The van der Waals surface area contributed by atoms with Gasteiger partial charge >= 0.3 is 0 Å². The first-order valence-electron chi connectivity index (χ1n) is 7.78. The number of nitrogens with one attached hydrogen (secondary N) is 2. The number of nitrogens with zero attached hydrogens (tertiary/aromatic N) is 2. The van der Waals surface area contributed by atoms with Gasteiger partial charge in [0.1, 0.15) is 0 Å². The molecule has 6 heteroatoms. The van der Waals surface area contributed by atoms with E-state index in [-0.39, 0.29) is 17.7 Å². The van der Waals surface area contributed by atoms with Crippen LogP contribution in [0.2, 0.25) is 0 Å². The standard InChI is InChI=1S/C15H22F2N4/c1-2-6-18-14-12(16)8-13(17)15(20-14)19-10-5-7-21(9-10)11-3-4-11/h8,10-11H,2-7,9H2,1H3,(H2,18,19,20). The lowest BCUT2D eigenvalue weighted by atomic mass is 10.2. The highest BCUT2D eigenvalue weighted by molar-refractivity contribution is 5.48. The number of halogens is 2. The fraction of sp³-hybridized carbons (Fsp3) is 0.667. The Morgan fingerprint density at radius 1 is 1.24 bits per heavy atom. The zero-order valence-corrected chi connectivity index (χ0v) is 12.3. The fourth-order valence-corrected chi connectivity index (χ4v) is 2.80. The monoisotopic (exact) mass is 296 g/mol. The van der Waals surface area contributed by atoms with Gasteiger partial charge in [0.15, 0.2) is 23.3 Å². The Hall–Kier alpha value is -1.43. The van der Waals surface area contributed by atoms with Crippen molar-refractivity contribution >= 4 is 11.6 Å². The number of aromatic nitrogens is 1. The third-order valence-corrected chi connectivity index (χ3v) is 4.10. The molecule has 0 radical (unpaired) electrons. The van der Waals surface area contributed by atoms with Crippen LogP contribution in [0.1, 0.15) is 32.6 Å². The summed E-state index contributed by atoms with van der Waals surface area (Å²) in [6.45, 7) is 4.57. The first kappa shape index (κ1) is 14.5. The van der Waals surface area contributed by atoms with Crippen molar-refractivity contribution in [1.29, 1.82) is 0 Å². The molecule has 2 fully saturated rings. The summed E-state index contributed by atoms with van der Waals surface area (Å²) < 4.78 is 27.5. The Morgan fingerprint density at radius 2 is 2.00 bits per heavy atom. The molecule has 116 valence electrons. The summed E-state index contributed by atoms with van der Waals surface area (Å²) in [6, 6.07) is 1.82. The highest BCUT2D eigenvalue weighted by atomic mass is 19.1. The minimum Gasteiger partial charge on any atom is -0.368 e. The second kappa shape index (κ2) is 6.13.